The predicted octanol–water partition coefficient (Wildman–Crippen LogP) is 3.58. The smallest absolute Gasteiger partial charge is 0.162 e. The molecule has 0 aliphatic carbocycles. The molecule has 4 heteroatoms. The summed E-state index contributed by atoms with van der Waals surface area (Å²) in [5.41, 5.74) is 1.75. The van der Waals surface area contributed by atoms with Gasteiger partial charge in [-0.3, -0.25) is 0 Å². The van der Waals surface area contributed by atoms with Crippen molar-refractivity contribution in [1.29, 1.82) is 0 Å². The number of hydrogen-bond acceptors (Lipinski definition) is 4. The second-order valence-corrected chi connectivity index (χ2v) is 4.49. The fraction of sp³-hybridized carbons (Fsp3) is 0.250. The van der Waals surface area contributed by atoms with Gasteiger partial charge in [0.05, 0.1) is 20.3 Å². The first kappa shape index (κ1) is 14.1. The van der Waals surface area contributed by atoms with Crippen LogP contribution in [0, 0.1) is 0 Å². The molecule has 0 aromatic heterocycles. The Hall–Kier alpha value is -2.36. The zero-order valence-corrected chi connectivity index (χ0v) is 11.9. The summed E-state index contributed by atoms with van der Waals surface area (Å²) in [5.74, 6) is 1.64. The van der Waals surface area contributed by atoms with Gasteiger partial charge in [-0.05, 0) is 25.1 Å². The Balaban J connectivity index is 2.20. The Morgan fingerprint density at radius 1 is 1.00 bits per heavy atom. The topological polar surface area (TPSA) is 50.7 Å². The number of anilines is 1. The van der Waals surface area contributed by atoms with Crippen molar-refractivity contribution < 1.29 is 14.6 Å². The maximum atomic E-state index is 9.86. The van der Waals surface area contributed by atoms with Crippen molar-refractivity contribution in [2.24, 2.45) is 0 Å². The van der Waals surface area contributed by atoms with Crippen molar-refractivity contribution in [1.82, 2.24) is 0 Å². The highest BCUT2D eigenvalue weighted by atomic mass is 16.5. The van der Waals surface area contributed by atoms with Crippen molar-refractivity contribution in [2.45, 2.75) is 13.0 Å². The molecule has 20 heavy (non-hydrogen) atoms. The molecule has 2 aromatic rings. The van der Waals surface area contributed by atoms with Crippen molar-refractivity contribution in [3.63, 3.8) is 0 Å². The summed E-state index contributed by atoms with van der Waals surface area (Å²) in [6.07, 6.45) is 0. The third-order valence-electron chi connectivity index (χ3n) is 3.17. The molecule has 4 nitrogen and oxygen atoms in total. The summed E-state index contributed by atoms with van der Waals surface area (Å²) in [4.78, 5) is 0. The van der Waals surface area contributed by atoms with Crippen molar-refractivity contribution in [3.05, 3.63) is 48.0 Å². The highest BCUT2D eigenvalue weighted by Crippen LogP contribution is 2.32. The van der Waals surface area contributed by atoms with Crippen LogP contribution in [0.25, 0.3) is 0 Å². The summed E-state index contributed by atoms with van der Waals surface area (Å²) in [7, 11) is 3.21. The van der Waals surface area contributed by atoms with E-state index >= 15 is 0 Å². The number of phenols is 1. The largest absolute Gasteiger partial charge is 0.508 e. The van der Waals surface area contributed by atoms with Gasteiger partial charge in [-0.25, -0.2) is 0 Å². The molecule has 2 rings (SSSR count). The minimum Gasteiger partial charge on any atom is -0.508 e. The molecule has 0 heterocycles. The Bertz CT molecular complexity index is 584. The molecule has 2 aromatic carbocycles. The number of methoxy groups -OCH3 is 2. The number of rotatable bonds is 5. The lowest BCUT2D eigenvalue weighted by Gasteiger charge is -2.18. The van der Waals surface area contributed by atoms with Crippen LogP contribution in [0.3, 0.4) is 0 Å². The molecule has 0 aliphatic heterocycles. The molecule has 0 saturated heterocycles. The van der Waals surface area contributed by atoms with E-state index in [1.807, 2.05) is 43.3 Å². The van der Waals surface area contributed by atoms with Crippen LogP contribution in [-0.4, -0.2) is 19.3 Å². The lowest BCUT2D eigenvalue weighted by atomic mass is 10.1. The number of phenolic OH excluding ortho intramolecular Hbond substituents is 1. The Kier molecular flexibility index (Phi) is 4.35. The van der Waals surface area contributed by atoms with Crippen LogP contribution in [0.4, 0.5) is 5.69 Å². The van der Waals surface area contributed by atoms with Crippen LogP contribution < -0.4 is 14.8 Å². The third kappa shape index (κ3) is 2.96. The Morgan fingerprint density at radius 2 is 1.70 bits per heavy atom. The molecule has 0 saturated carbocycles. The van der Waals surface area contributed by atoms with Crippen LogP contribution in [0.5, 0.6) is 17.2 Å². The van der Waals surface area contributed by atoms with Crippen LogP contribution in [0.15, 0.2) is 42.5 Å². The summed E-state index contributed by atoms with van der Waals surface area (Å²) < 4.78 is 10.5. The maximum Gasteiger partial charge on any atom is 0.162 e. The molecule has 106 valence electrons. The molecule has 0 aliphatic rings. The van der Waals surface area contributed by atoms with Gasteiger partial charge >= 0.3 is 0 Å². The highest BCUT2D eigenvalue weighted by Gasteiger charge is 2.11. The SMILES string of the molecule is COc1ccc(NC(C)c2ccccc2O)cc1OC. The van der Waals surface area contributed by atoms with Gasteiger partial charge in [-0.2, -0.15) is 0 Å². The van der Waals surface area contributed by atoms with Crippen molar-refractivity contribution in [3.8, 4) is 17.2 Å². The number of hydrogen-bond donors (Lipinski definition) is 2. The van der Waals surface area contributed by atoms with E-state index in [1.165, 1.54) is 0 Å². The minimum absolute atomic E-state index is 0.0192. The van der Waals surface area contributed by atoms with Crippen LogP contribution in [0.2, 0.25) is 0 Å². The molecule has 0 radical (unpaired) electrons. The number of para-hydroxylation sites is 1. The van der Waals surface area contributed by atoms with E-state index in [1.54, 1.807) is 20.3 Å². The van der Waals surface area contributed by atoms with E-state index in [9.17, 15) is 5.11 Å². The first-order valence-corrected chi connectivity index (χ1v) is 6.42. The van der Waals surface area contributed by atoms with Gasteiger partial charge in [0.2, 0.25) is 0 Å². The Morgan fingerprint density at radius 3 is 2.35 bits per heavy atom. The molecule has 0 fully saturated rings. The highest BCUT2D eigenvalue weighted by molar-refractivity contribution is 5.56. The first-order valence-electron chi connectivity index (χ1n) is 6.42. The van der Waals surface area contributed by atoms with Gasteiger partial charge in [0.15, 0.2) is 11.5 Å². The van der Waals surface area contributed by atoms with Gasteiger partial charge < -0.3 is 19.9 Å². The average Bonchev–Trinajstić information content (AvgIpc) is 2.47. The molecule has 1 unspecified atom stereocenters. The fourth-order valence-electron chi connectivity index (χ4n) is 2.11. The molecule has 0 bridgehead atoms. The summed E-state index contributed by atoms with van der Waals surface area (Å²) >= 11 is 0. The summed E-state index contributed by atoms with van der Waals surface area (Å²) in [6, 6.07) is 12.9. The fourth-order valence-corrected chi connectivity index (χ4v) is 2.11. The minimum atomic E-state index is -0.0192. The number of aromatic hydroxyl groups is 1. The van der Waals surface area contributed by atoms with Crippen LogP contribution >= 0.6 is 0 Å². The standard InChI is InChI=1S/C16H19NO3/c1-11(13-6-4-5-7-14(13)18)17-12-8-9-15(19-2)16(10-12)20-3/h4-11,17-18H,1-3H3. The maximum absolute atomic E-state index is 9.86. The summed E-state index contributed by atoms with van der Waals surface area (Å²) in [6.45, 7) is 1.99. The molecular weight excluding hydrogens is 254 g/mol. The van der Waals surface area contributed by atoms with E-state index in [-0.39, 0.29) is 11.8 Å². The molecule has 0 spiro atoms. The van der Waals surface area contributed by atoms with Gasteiger partial charge in [0.25, 0.3) is 0 Å². The van der Waals surface area contributed by atoms with Gasteiger partial charge in [0.1, 0.15) is 5.75 Å². The number of ether oxygens (including phenoxy) is 2. The lowest BCUT2D eigenvalue weighted by Crippen LogP contribution is -2.07. The molecule has 2 N–H and O–H groups in total. The first-order chi connectivity index (χ1) is 9.65. The molecule has 0 amide bonds. The van der Waals surface area contributed by atoms with E-state index in [0.717, 1.165) is 11.3 Å². The number of benzene rings is 2. The zero-order chi connectivity index (χ0) is 14.5. The third-order valence-corrected chi connectivity index (χ3v) is 3.17. The van der Waals surface area contributed by atoms with E-state index in [4.69, 9.17) is 9.47 Å². The second kappa shape index (κ2) is 6.19. The zero-order valence-electron chi connectivity index (χ0n) is 11.9. The molecule has 1 atom stereocenters. The van der Waals surface area contributed by atoms with E-state index in [0.29, 0.717) is 11.5 Å². The average molecular weight is 273 g/mol. The van der Waals surface area contributed by atoms with E-state index < -0.39 is 0 Å². The molecular formula is C16H19NO3. The number of nitrogens with one attached hydrogen (secondary N) is 1. The van der Waals surface area contributed by atoms with Crippen LogP contribution in [-0.2, 0) is 0 Å². The normalized spacial score (nSPS) is 11.8. The van der Waals surface area contributed by atoms with Gasteiger partial charge in [-0.15, -0.1) is 0 Å². The van der Waals surface area contributed by atoms with Gasteiger partial charge in [-0.1, -0.05) is 18.2 Å². The van der Waals surface area contributed by atoms with Gasteiger partial charge in [0, 0.05) is 17.3 Å². The van der Waals surface area contributed by atoms with E-state index in [2.05, 4.69) is 5.32 Å². The summed E-state index contributed by atoms with van der Waals surface area (Å²) in [5, 5.41) is 13.2. The Labute approximate surface area is 119 Å². The lowest BCUT2D eigenvalue weighted by molar-refractivity contribution is 0.355. The quantitative estimate of drug-likeness (QED) is 0.874. The van der Waals surface area contributed by atoms with Crippen molar-refractivity contribution in [2.75, 3.05) is 19.5 Å². The predicted molar refractivity (Wildman–Crippen MR) is 79.7 cm³/mol. The van der Waals surface area contributed by atoms with Crippen LogP contribution in [0.1, 0.15) is 18.5 Å². The monoisotopic (exact) mass is 273 g/mol. The second-order valence-electron chi connectivity index (χ2n) is 4.49. The van der Waals surface area contributed by atoms with Crippen molar-refractivity contribution >= 4 is 5.69 Å².